The summed E-state index contributed by atoms with van der Waals surface area (Å²) < 4.78 is 4.66. The number of ether oxygens (including phenoxy) is 1. The molecule has 88 valence electrons. The molecule has 1 aromatic heterocycles. The van der Waals surface area contributed by atoms with Gasteiger partial charge in [0.25, 0.3) is 0 Å². The molecule has 2 aromatic rings. The highest BCUT2D eigenvalue weighted by Gasteiger charge is 2.08. The number of esters is 1. The fraction of sp³-hybridized carbons (Fsp3) is 0.286. The largest absolute Gasteiger partial charge is 0.464 e. The average Bonchev–Trinajstić information content (AvgIpc) is 2.36. The summed E-state index contributed by atoms with van der Waals surface area (Å²) in [6.45, 7) is 4.28. The summed E-state index contributed by atoms with van der Waals surface area (Å²) in [4.78, 5) is 15.5. The topological polar surface area (TPSA) is 39.2 Å². The van der Waals surface area contributed by atoms with Gasteiger partial charge in [-0.3, -0.25) is 0 Å². The van der Waals surface area contributed by atoms with Crippen molar-refractivity contribution in [2.24, 2.45) is 0 Å². The summed E-state index contributed by atoms with van der Waals surface area (Å²) in [6.07, 6.45) is 1.70. The zero-order chi connectivity index (χ0) is 12.4. The van der Waals surface area contributed by atoms with Crippen LogP contribution in [0.5, 0.6) is 0 Å². The Labute approximate surface area is 100 Å². The summed E-state index contributed by atoms with van der Waals surface area (Å²) in [7, 11) is 1.36. The predicted octanol–water partition coefficient (Wildman–Crippen LogP) is 3.14. The molecular formula is C14H15NO2. The maximum Gasteiger partial charge on any atom is 0.356 e. The summed E-state index contributed by atoms with van der Waals surface area (Å²) >= 11 is 0. The van der Waals surface area contributed by atoms with Crippen molar-refractivity contribution in [1.82, 2.24) is 4.98 Å². The van der Waals surface area contributed by atoms with Crippen LogP contribution in [0.4, 0.5) is 0 Å². The maximum atomic E-state index is 11.4. The molecule has 0 atom stereocenters. The molecule has 0 saturated carbocycles. The van der Waals surface area contributed by atoms with Gasteiger partial charge in [0.05, 0.1) is 7.11 Å². The quantitative estimate of drug-likeness (QED) is 0.742. The number of methoxy groups -OCH3 is 1. The van der Waals surface area contributed by atoms with Gasteiger partial charge in [0.2, 0.25) is 0 Å². The van der Waals surface area contributed by atoms with Crippen LogP contribution in [-0.4, -0.2) is 18.1 Å². The molecule has 2 rings (SSSR count). The van der Waals surface area contributed by atoms with Crippen molar-refractivity contribution in [3.8, 4) is 0 Å². The van der Waals surface area contributed by atoms with E-state index in [1.54, 1.807) is 12.3 Å². The van der Waals surface area contributed by atoms with Gasteiger partial charge in [0.15, 0.2) is 0 Å². The first-order valence-corrected chi connectivity index (χ1v) is 5.60. The van der Waals surface area contributed by atoms with Crippen LogP contribution >= 0.6 is 0 Å². The Kier molecular flexibility index (Phi) is 3.09. The number of carbonyl (C=O) groups excluding carboxylic acids is 1. The molecule has 1 aromatic carbocycles. The van der Waals surface area contributed by atoms with Crippen LogP contribution in [0.15, 0.2) is 30.5 Å². The molecular weight excluding hydrogens is 214 g/mol. The fourth-order valence-electron chi connectivity index (χ4n) is 1.73. The first kappa shape index (κ1) is 11.6. The second-order valence-corrected chi connectivity index (χ2v) is 4.32. The normalized spacial score (nSPS) is 10.8. The lowest BCUT2D eigenvalue weighted by Gasteiger charge is -2.07. The molecule has 1 heterocycles. The highest BCUT2D eigenvalue weighted by molar-refractivity contribution is 5.93. The third kappa shape index (κ3) is 2.28. The number of fused-ring (bicyclic) bond motifs is 1. The standard InChI is InChI=1S/C14H15NO2/c1-9(2)10-4-5-11-8-15-13(14(16)17-3)7-12(11)6-10/h4-9H,1-3H3. The number of benzene rings is 1. The van der Waals surface area contributed by atoms with E-state index in [1.165, 1.54) is 12.7 Å². The minimum atomic E-state index is -0.401. The lowest BCUT2D eigenvalue weighted by molar-refractivity contribution is 0.0594. The Bertz CT molecular complexity index is 561. The summed E-state index contributed by atoms with van der Waals surface area (Å²) in [5.41, 5.74) is 1.60. The lowest BCUT2D eigenvalue weighted by atomic mass is 10.00. The third-order valence-corrected chi connectivity index (χ3v) is 2.81. The van der Waals surface area contributed by atoms with Gasteiger partial charge in [-0.1, -0.05) is 32.0 Å². The van der Waals surface area contributed by atoms with Crippen LogP contribution in [0.25, 0.3) is 10.8 Å². The Morgan fingerprint density at radius 1 is 1.24 bits per heavy atom. The van der Waals surface area contributed by atoms with E-state index in [4.69, 9.17) is 0 Å². The third-order valence-electron chi connectivity index (χ3n) is 2.81. The average molecular weight is 229 g/mol. The number of aromatic nitrogens is 1. The van der Waals surface area contributed by atoms with Crippen molar-refractivity contribution >= 4 is 16.7 Å². The summed E-state index contributed by atoms with van der Waals surface area (Å²) in [5.74, 6) is 0.0657. The molecule has 0 radical (unpaired) electrons. The molecule has 0 bridgehead atoms. The second kappa shape index (κ2) is 4.53. The summed E-state index contributed by atoms with van der Waals surface area (Å²) in [5, 5.41) is 2.05. The zero-order valence-electron chi connectivity index (χ0n) is 10.2. The van der Waals surface area contributed by atoms with Gasteiger partial charge in [0.1, 0.15) is 5.69 Å². The Hall–Kier alpha value is -1.90. The first-order valence-electron chi connectivity index (χ1n) is 5.60. The molecule has 0 spiro atoms. The monoisotopic (exact) mass is 229 g/mol. The van der Waals surface area contributed by atoms with E-state index in [2.05, 4.69) is 35.7 Å². The van der Waals surface area contributed by atoms with E-state index in [0.717, 1.165) is 10.8 Å². The molecule has 0 unspecified atom stereocenters. The zero-order valence-corrected chi connectivity index (χ0v) is 10.2. The van der Waals surface area contributed by atoms with E-state index in [1.807, 2.05) is 6.07 Å². The number of nitrogens with zero attached hydrogens (tertiary/aromatic N) is 1. The van der Waals surface area contributed by atoms with E-state index in [0.29, 0.717) is 11.6 Å². The van der Waals surface area contributed by atoms with Gasteiger partial charge < -0.3 is 4.74 Å². The predicted molar refractivity (Wildman–Crippen MR) is 67.2 cm³/mol. The van der Waals surface area contributed by atoms with Crippen LogP contribution in [-0.2, 0) is 4.74 Å². The highest BCUT2D eigenvalue weighted by atomic mass is 16.5. The van der Waals surface area contributed by atoms with Crippen molar-refractivity contribution in [2.45, 2.75) is 19.8 Å². The first-order chi connectivity index (χ1) is 8.11. The Morgan fingerprint density at radius 3 is 2.65 bits per heavy atom. The molecule has 0 aliphatic heterocycles. The van der Waals surface area contributed by atoms with Crippen molar-refractivity contribution < 1.29 is 9.53 Å². The Morgan fingerprint density at radius 2 is 2.00 bits per heavy atom. The van der Waals surface area contributed by atoms with E-state index in [9.17, 15) is 4.79 Å². The summed E-state index contributed by atoms with van der Waals surface area (Å²) in [6, 6.07) is 7.98. The number of rotatable bonds is 2. The lowest BCUT2D eigenvalue weighted by Crippen LogP contribution is -2.03. The van der Waals surface area contributed by atoms with E-state index >= 15 is 0 Å². The number of hydrogen-bond acceptors (Lipinski definition) is 3. The van der Waals surface area contributed by atoms with Crippen molar-refractivity contribution in [3.05, 3.63) is 41.7 Å². The fourth-order valence-corrected chi connectivity index (χ4v) is 1.73. The molecule has 3 nitrogen and oxygen atoms in total. The van der Waals surface area contributed by atoms with E-state index < -0.39 is 5.97 Å². The Balaban J connectivity index is 2.54. The minimum Gasteiger partial charge on any atom is -0.464 e. The van der Waals surface area contributed by atoms with Gasteiger partial charge in [0, 0.05) is 11.6 Å². The van der Waals surface area contributed by atoms with Crippen molar-refractivity contribution in [3.63, 3.8) is 0 Å². The highest BCUT2D eigenvalue weighted by Crippen LogP contribution is 2.21. The van der Waals surface area contributed by atoms with Gasteiger partial charge in [-0.15, -0.1) is 0 Å². The van der Waals surface area contributed by atoms with Crippen LogP contribution in [0.3, 0.4) is 0 Å². The molecule has 3 heteroatoms. The van der Waals surface area contributed by atoms with Crippen LogP contribution in [0, 0.1) is 0 Å². The van der Waals surface area contributed by atoms with Crippen molar-refractivity contribution in [1.29, 1.82) is 0 Å². The van der Waals surface area contributed by atoms with Gasteiger partial charge in [-0.05, 0) is 22.9 Å². The molecule has 17 heavy (non-hydrogen) atoms. The molecule has 0 N–H and O–H groups in total. The van der Waals surface area contributed by atoms with Crippen molar-refractivity contribution in [2.75, 3.05) is 7.11 Å². The smallest absolute Gasteiger partial charge is 0.356 e. The number of carbonyl (C=O) groups is 1. The minimum absolute atomic E-state index is 0.348. The van der Waals surface area contributed by atoms with E-state index in [-0.39, 0.29) is 0 Å². The van der Waals surface area contributed by atoms with Crippen LogP contribution in [0.1, 0.15) is 35.8 Å². The van der Waals surface area contributed by atoms with Crippen LogP contribution in [0.2, 0.25) is 0 Å². The SMILES string of the molecule is COC(=O)c1cc2cc(C(C)C)ccc2cn1. The molecule has 0 amide bonds. The number of hydrogen-bond donors (Lipinski definition) is 0. The van der Waals surface area contributed by atoms with Gasteiger partial charge in [-0.25, -0.2) is 9.78 Å². The molecule has 0 saturated heterocycles. The maximum absolute atomic E-state index is 11.4. The number of pyridine rings is 1. The van der Waals surface area contributed by atoms with Gasteiger partial charge in [-0.2, -0.15) is 0 Å². The van der Waals surface area contributed by atoms with Gasteiger partial charge >= 0.3 is 5.97 Å². The second-order valence-electron chi connectivity index (χ2n) is 4.32. The van der Waals surface area contributed by atoms with Crippen LogP contribution < -0.4 is 0 Å². The molecule has 0 aliphatic carbocycles. The molecule has 0 fully saturated rings. The molecule has 0 aliphatic rings.